The van der Waals surface area contributed by atoms with Crippen LogP contribution in [0.25, 0.3) is 0 Å². The smallest absolute Gasteiger partial charge is 0.141 e. The van der Waals surface area contributed by atoms with Crippen LogP contribution in [-0.4, -0.2) is 6.04 Å². The van der Waals surface area contributed by atoms with E-state index in [1.54, 1.807) is 12.1 Å². The Balaban J connectivity index is 2.19. The van der Waals surface area contributed by atoms with E-state index in [-0.39, 0.29) is 11.9 Å². The minimum Gasteiger partial charge on any atom is -0.487 e. The van der Waals surface area contributed by atoms with Crippen molar-refractivity contribution in [1.29, 1.82) is 0 Å². The molecule has 2 N–H and O–H groups in total. The first-order chi connectivity index (χ1) is 9.97. The van der Waals surface area contributed by atoms with E-state index in [9.17, 15) is 4.39 Å². The van der Waals surface area contributed by atoms with Crippen molar-refractivity contribution in [1.82, 2.24) is 0 Å². The van der Waals surface area contributed by atoms with Crippen molar-refractivity contribution >= 4 is 27.5 Å². The van der Waals surface area contributed by atoms with E-state index in [0.717, 1.165) is 11.1 Å². The molecule has 1 unspecified atom stereocenters. The van der Waals surface area contributed by atoms with Gasteiger partial charge in [-0.2, -0.15) is 0 Å². The molecular weight excluding hydrogens is 357 g/mol. The van der Waals surface area contributed by atoms with E-state index < -0.39 is 0 Å². The fourth-order valence-corrected chi connectivity index (χ4v) is 2.73. The van der Waals surface area contributed by atoms with Crippen LogP contribution in [0.5, 0.6) is 5.75 Å². The number of benzene rings is 2. The Labute approximate surface area is 137 Å². The van der Waals surface area contributed by atoms with Gasteiger partial charge in [-0.25, -0.2) is 4.39 Å². The molecule has 21 heavy (non-hydrogen) atoms. The lowest BCUT2D eigenvalue weighted by Gasteiger charge is -2.15. The van der Waals surface area contributed by atoms with Crippen LogP contribution in [0.1, 0.15) is 18.1 Å². The van der Waals surface area contributed by atoms with E-state index in [1.807, 2.05) is 19.1 Å². The van der Waals surface area contributed by atoms with Crippen LogP contribution in [-0.2, 0) is 13.0 Å². The van der Waals surface area contributed by atoms with Crippen molar-refractivity contribution in [3.63, 3.8) is 0 Å². The maximum absolute atomic E-state index is 13.1. The van der Waals surface area contributed by atoms with Gasteiger partial charge in [-0.15, -0.1) is 0 Å². The second-order valence-electron chi connectivity index (χ2n) is 4.93. The molecule has 0 aliphatic rings. The van der Waals surface area contributed by atoms with E-state index in [4.69, 9.17) is 22.1 Å². The number of hydrogen-bond acceptors (Lipinski definition) is 2. The number of rotatable bonds is 5. The highest BCUT2D eigenvalue weighted by atomic mass is 79.9. The van der Waals surface area contributed by atoms with Gasteiger partial charge in [-0.3, -0.25) is 0 Å². The van der Waals surface area contributed by atoms with Crippen molar-refractivity contribution in [2.45, 2.75) is 26.0 Å². The van der Waals surface area contributed by atoms with Gasteiger partial charge in [0.2, 0.25) is 0 Å². The number of halogens is 3. The topological polar surface area (TPSA) is 35.2 Å². The highest BCUT2D eigenvalue weighted by molar-refractivity contribution is 9.10. The van der Waals surface area contributed by atoms with E-state index in [2.05, 4.69) is 15.9 Å². The molecule has 0 saturated heterocycles. The average molecular weight is 373 g/mol. The molecule has 1 atom stereocenters. The van der Waals surface area contributed by atoms with Gasteiger partial charge in [-0.05, 0) is 37.1 Å². The summed E-state index contributed by atoms with van der Waals surface area (Å²) in [7, 11) is 0. The summed E-state index contributed by atoms with van der Waals surface area (Å²) in [6.45, 7) is 2.23. The zero-order valence-electron chi connectivity index (χ0n) is 11.6. The summed E-state index contributed by atoms with van der Waals surface area (Å²) < 4.78 is 19.6. The lowest BCUT2D eigenvalue weighted by molar-refractivity contribution is 0.301. The number of nitrogens with two attached hydrogens (primary N) is 1. The molecule has 0 fully saturated rings. The minimum absolute atomic E-state index is 0.0170. The molecule has 0 saturated carbocycles. The summed E-state index contributed by atoms with van der Waals surface area (Å²) in [6, 6.07) is 10.1. The predicted octanol–water partition coefficient (Wildman–Crippen LogP) is 4.71. The molecule has 2 nitrogen and oxygen atoms in total. The fraction of sp³-hybridized carbons (Fsp3) is 0.250. The SMILES string of the molecule is CC(N)Cc1cccc(Cl)c1OCc1ccc(F)cc1Br. The molecule has 0 aliphatic heterocycles. The lowest BCUT2D eigenvalue weighted by Crippen LogP contribution is -2.18. The van der Waals surface area contributed by atoms with Crippen molar-refractivity contribution in [2.75, 3.05) is 0 Å². The Morgan fingerprint density at radius 3 is 2.71 bits per heavy atom. The van der Waals surface area contributed by atoms with Crippen molar-refractivity contribution in [2.24, 2.45) is 5.73 Å². The third-order valence-corrected chi connectivity index (χ3v) is 4.01. The molecule has 2 aromatic rings. The van der Waals surface area contributed by atoms with Crippen molar-refractivity contribution < 1.29 is 9.13 Å². The zero-order valence-corrected chi connectivity index (χ0v) is 13.9. The average Bonchev–Trinajstić information content (AvgIpc) is 2.39. The van der Waals surface area contributed by atoms with Crippen LogP contribution >= 0.6 is 27.5 Å². The second-order valence-corrected chi connectivity index (χ2v) is 6.20. The van der Waals surface area contributed by atoms with Gasteiger partial charge < -0.3 is 10.5 Å². The third kappa shape index (κ3) is 4.43. The highest BCUT2D eigenvalue weighted by Crippen LogP contribution is 2.31. The summed E-state index contributed by atoms with van der Waals surface area (Å²) in [6.07, 6.45) is 0.681. The molecular formula is C16H16BrClFNO. The summed E-state index contributed by atoms with van der Waals surface area (Å²) in [4.78, 5) is 0. The molecule has 0 aromatic heterocycles. The van der Waals surface area contributed by atoms with Gasteiger partial charge >= 0.3 is 0 Å². The van der Waals surface area contributed by atoms with Crippen LogP contribution < -0.4 is 10.5 Å². The van der Waals surface area contributed by atoms with Crippen LogP contribution in [0.15, 0.2) is 40.9 Å². The van der Waals surface area contributed by atoms with Gasteiger partial charge in [0.05, 0.1) is 5.02 Å². The van der Waals surface area contributed by atoms with Crippen LogP contribution in [0, 0.1) is 5.82 Å². The molecule has 0 bridgehead atoms. The molecule has 0 radical (unpaired) electrons. The lowest BCUT2D eigenvalue weighted by atomic mass is 10.1. The number of hydrogen-bond donors (Lipinski definition) is 1. The Bertz CT molecular complexity index is 634. The Morgan fingerprint density at radius 2 is 2.05 bits per heavy atom. The first-order valence-electron chi connectivity index (χ1n) is 6.57. The summed E-state index contributed by atoms with van der Waals surface area (Å²) >= 11 is 9.53. The quantitative estimate of drug-likeness (QED) is 0.825. The molecule has 2 aromatic carbocycles. The monoisotopic (exact) mass is 371 g/mol. The molecule has 5 heteroatoms. The van der Waals surface area contributed by atoms with Crippen LogP contribution in [0.2, 0.25) is 5.02 Å². The van der Waals surface area contributed by atoms with Crippen LogP contribution in [0.4, 0.5) is 4.39 Å². The standard InChI is InChI=1S/C16H16BrClFNO/c1-10(20)7-11-3-2-4-15(18)16(11)21-9-12-5-6-13(19)8-14(12)17/h2-6,8,10H,7,9,20H2,1H3. The molecule has 0 spiro atoms. The Hall–Kier alpha value is -1.10. The molecule has 2 rings (SSSR count). The van der Waals surface area contributed by atoms with E-state index >= 15 is 0 Å². The minimum atomic E-state index is -0.291. The first-order valence-corrected chi connectivity index (χ1v) is 7.74. The Morgan fingerprint density at radius 1 is 1.29 bits per heavy atom. The zero-order chi connectivity index (χ0) is 15.4. The molecule has 0 aliphatic carbocycles. The highest BCUT2D eigenvalue weighted by Gasteiger charge is 2.11. The predicted molar refractivity (Wildman–Crippen MR) is 87.2 cm³/mol. The summed E-state index contributed by atoms with van der Waals surface area (Å²) in [5, 5.41) is 0.548. The first kappa shape index (κ1) is 16.3. The maximum atomic E-state index is 13.1. The largest absolute Gasteiger partial charge is 0.487 e. The Kier molecular flexibility index (Phi) is 5.62. The van der Waals surface area contributed by atoms with Gasteiger partial charge in [0.25, 0.3) is 0 Å². The molecule has 0 amide bonds. The third-order valence-electron chi connectivity index (χ3n) is 2.98. The molecule has 0 heterocycles. The number of para-hydroxylation sites is 1. The molecule has 112 valence electrons. The second kappa shape index (κ2) is 7.25. The fourth-order valence-electron chi connectivity index (χ4n) is 2.01. The van der Waals surface area contributed by atoms with Gasteiger partial charge in [0, 0.05) is 16.1 Å². The van der Waals surface area contributed by atoms with E-state index in [0.29, 0.717) is 28.3 Å². The van der Waals surface area contributed by atoms with Gasteiger partial charge in [-0.1, -0.05) is 45.7 Å². The summed E-state index contributed by atoms with van der Waals surface area (Å²) in [5.41, 5.74) is 7.66. The maximum Gasteiger partial charge on any atom is 0.141 e. The van der Waals surface area contributed by atoms with Crippen molar-refractivity contribution in [3.8, 4) is 5.75 Å². The van der Waals surface area contributed by atoms with E-state index in [1.165, 1.54) is 12.1 Å². The van der Waals surface area contributed by atoms with Gasteiger partial charge in [0.1, 0.15) is 18.2 Å². The van der Waals surface area contributed by atoms with Crippen molar-refractivity contribution in [3.05, 3.63) is 62.8 Å². The summed E-state index contributed by atoms with van der Waals surface area (Å²) in [5.74, 6) is 0.341. The van der Waals surface area contributed by atoms with Gasteiger partial charge in [0.15, 0.2) is 0 Å². The van der Waals surface area contributed by atoms with Crippen LogP contribution in [0.3, 0.4) is 0 Å². The normalized spacial score (nSPS) is 12.2. The number of ether oxygens (including phenoxy) is 1.